The summed E-state index contributed by atoms with van der Waals surface area (Å²) in [7, 11) is 0. The largest absolute Gasteiger partial charge is 0.487 e. The number of nitrogen functional groups attached to an aromatic ring is 1. The minimum absolute atomic E-state index is 0.441. The van der Waals surface area contributed by atoms with Crippen LogP contribution in [0.1, 0.15) is 16.8 Å². The molecule has 0 radical (unpaired) electrons. The Morgan fingerprint density at radius 3 is 2.67 bits per heavy atom. The number of nitrogens with two attached hydrogens (primary N) is 1. The van der Waals surface area contributed by atoms with Gasteiger partial charge in [0.1, 0.15) is 12.4 Å². The number of rotatable bonds is 3. The van der Waals surface area contributed by atoms with Crippen LogP contribution >= 0.6 is 15.9 Å². The van der Waals surface area contributed by atoms with Gasteiger partial charge in [0.2, 0.25) is 0 Å². The Kier molecular flexibility index (Phi) is 3.87. The lowest BCUT2D eigenvalue weighted by Crippen LogP contribution is -2.01. The van der Waals surface area contributed by atoms with Crippen molar-refractivity contribution in [3.63, 3.8) is 0 Å². The lowest BCUT2D eigenvalue weighted by Gasteiger charge is -2.11. The van der Waals surface area contributed by atoms with Gasteiger partial charge in [0.05, 0.1) is 5.69 Å². The summed E-state index contributed by atoms with van der Waals surface area (Å²) in [5, 5.41) is 0. The Labute approximate surface area is 115 Å². The average molecular weight is 307 g/mol. The molecule has 0 bridgehead atoms. The molecule has 2 aromatic rings. The Morgan fingerprint density at radius 1 is 1.22 bits per heavy atom. The van der Waals surface area contributed by atoms with E-state index in [2.05, 4.69) is 20.9 Å². The van der Waals surface area contributed by atoms with Crippen molar-refractivity contribution >= 4 is 21.6 Å². The summed E-state index contributed by atoms with van der Waals surface area (Å²) in [6.45, 7) is 4.44. The molecule has 3 nitrogen and oxygen atoms in total. The third-order valence-corrected chi connectivity index (χ3v) is 3.20. The number of hydrogen-bond donors (Lipinski definition) is 1. The van der Waals surface area contributed by atoms with Crippen LogP contribution in [-0.4, -0.2) is 4.98 Å². The molecule has 0 unspecified atom stereocenters. The molecule has 0 fully saturated rings. The van der Waals surface area contributed by atoms with E-state index in [-0.39, 0.29) is 0 Å². The van der Waals surface area contributed by atoms with E-state index in [0.717, 1.165) is 32.7 Å². The fourth-order valence-corrected chi connectivity index (χ4v) is 1.88. The third kappa shape index (κ3) is 3.01. The van der Waals surface area contributed by atoms with Crippen molar-refractivity contribution < 1.29 is 4.74 Å². The van der Waals surface area contributed by atoms with Crippen LogP contribution in [0.4, 0.5) is 5.69 Å². The van der Waals surface area contributed by atoms with Gasteiger partial charge in [-0.1, -0.05) is 6.07 Å². The van der Waals surface area contributed by atoms with Crippen molar-refractivity contribution in [1.29, 1.82) is 0 Å². The van der Waals surface area contributed by atoms with Crippen LogP contribution in [0.2, 0.25) is 0 Å². The van der Waals surface area contributed by atoms with Crippen LogP contribution in [0, 0.1) is 13.8 Å². The molecule has 2 rings (SSSR count). The zero-order valence-corrected chi connectivity index (χ0v) is 12.0. The lowest BCUT2D eigenvalue weighted by atomic mass is 10.1. The molecule has 1 heterocycles. The van der Waals surface area contributed by atoms with E-state index in [1.807, 2.05) is 38.1 Å². The van der Waals surface area contributed by atoms with E-state index >= 15 is 0 Å². The Morgan fingerprint density at radius 2 is 2.00 bits per heavy atom. The van der Waals surface area contributed by atoms with Gasteiger partial charge in [-0.15, -0.1) is 0 Å². The molecule has 0 aliphatic rings. The van der Waals surface area contributed by atoms with E-state index in [1.54, 1.807) is 6.20 Å². The first kappa shape index (κ1) is 12.9. The highest BCUT2D eigenvalue weighted by atomic mass is 79.9. The van der Waals surface area contributed by atoms with Crippen LogP contribution in [0.5, 0.6) is 5.75 Å². The Balaban J connectivity index is 2.10. The first-order valence-electron chi connectivity index (χ1n) is 5.66. The zero-order chi connectivity index (χ0) is 13.1. The standard InChI is InChI=1S/C14H15BrN2O/c1-9-5-10(2)14(6-13(9)16)18-8-12-4-3-11(15)7-17-12/h3-7H,8,16H2,1-2H3. The van der Waals surface area contributed by atoms with Crippen LogP contribution in [-0.2, 0) is 6.61 Å². The smallest absolute Gasteiger partial charge is 0.130 e. The number of ether oxygens (including phenoxy) is 1. The normalized spacial score (nSPS) is 10.4. The molecule has 0 aliphatic carbocycles. The molecule has 0 spiro atoms. The number of pyridine rings is 1. The molecule has 0 aliphatic heterocycles. The minimum atomic E-state index is 0.441. The molecule has 0 saturated carbocycles. The van der Waals surface area contributed by atoms with Crippen molar-refractivity contribution in [2.45, 2.75) is 20.5 Å². The number of hydrogen-bond acceptors (Lipinski definition) is 3. The molecule has 4 heteroatoms. The van der Waals surface area contributed by atoms with E-state index in [1.165, 1.54) is 0 Å². The molecular weight excluding hydrogens is 292 g/mol. The van der Waals surface area contributed by atoms with Gasteiger partial charge in [-0.05, 0) is 53.0 Å². The summed E-state index contributed by atoms with van der Waals surface area (Å²) >= 11 is 3.35. The predicted molar refractivity (Wildman–Crippen MR) is 76.6 cm³/mol. The van der Waals surface area contributed by atoms with Gasteiger partial charge in [0, 0.05) is 22.4 Å². The van der Waals surface area contributed by atoms with Gasteiger partial charge in [0.15, 0.2) is 0 Å². The van der Waals surface area contributed by atoms with Crippen LogP contribution < -0.4 is 10.5 Å². The van der Waals surface area contributed by atoms with Crippen molar-refractivity contribution in [2.24, 2.45) is 0 Å². The zero-order valence-electron chi connectivity index (χ0n) is 10.4. The van der Waals surface area contributed by atoms with Gasteiger partial charge in [-0.3, -0.25) is 4.98 Å². The summed E-state index contributed by atoms with van der Waals surface area (Å²) in [5.74, 6) is 0.808. The molecule has 1 aromatic carbocycles. The van der Waals surface area contributed by atoms with Crippen molar-refractivity contribution in [3.8, 4) is 5.75 Å². The van der Waals surface area contributed by atoms with Gasteiger partial charge in [-0.2, -0.15) is 0 Å². The van der Waals surface area contributed by atoms with Crippen molar-refractivity contribution in [1.82, 2.24) is 4.98 Å². The number of anilines is 1. The maximum absolute atomic E-state index is 5.88. The molecule has 0 saturated heterocycles. The number of aromatic nitrogens is 1. The summed E-state index contributed by atoms with van der Waals surface area (Å²) in [6, 6.07) is 7.77. The van der Waals surface area contributed by atoms with Gasteiger partial charge >= 0.3 is 0 Å². The molecule has 2 N–H and O–H groups in total. The average Bonchev–Trinajstić information content (AvgIpc) is 2.34. The monoisotopic (exact) mass is 306 g/mol. The van der Waals surface area contributed by atoms with Crippen LogP contribution in [0.3, 0.4) is 0 Å². The highest BCUT2D eigenvalue weighted by Gasteiger charge is 2.04. The third-order valence-electron chi connectivity index (χ3n) is 2.73. The summed E-state index contributed by atoms with van der Waals surface area (Å²) in [5.41, 5.74) is 9.66. The molecule has 18 heavy (non-hydrogen) atoms. The van der Waals surface area contributed by atoms with E-state index in [4.69, 9.17) is 10.5 Å². The van der Waals surface area contributed by atoms with Crippen LogP contribution in [0.25, 0.3) is 0 Å². The molecule has 0 amide bonds. The van der Waals surface area contributed by atoms with Gasteiger partial charge in [-0.25, -0.2) is 0 Å². The van der Waals surface area contributed by atoms with Crippen molar-refractivity contribution in [3.05, 3.63) is 51.8 Å². The Bertz CT molecular complexity index is 552. The molecular formula is C14H15BrN2O. The maximum atomic E-state index is 5.88. The Hall–Kier alpha value is -1.55. The van der Waals surface area contributed by atoms with Gasteiger partial charge < -0.3 is 10.5 Å². The summed E-state index contributed by atoms with van der Waals surface area (Å²) in [6.07, 6.45) is 1.76. The lowest BCUT2D eigenvalue weighted by molar-refractivity contribution is 0.299. The molecule has 94 valence electrons. The summed E-state index contributed by atoms with van der Waals surface area (Å²) in [4.78, 5) is 4.26. The second-order valence-electron chi connectivity index (χ2n) is 4.23. The quantitative estimate of drug-likeness (QED) is 0.881. The second-order valence-corrected chi connectivity index (χ2v) is 5.15. The predicted octanol–water partition coefficient (Wildman–Crippen LogP) is 3.62. The number of benzene rings is 1. The molecule has 0 atom stereocenters. The fraction of sp³-hybridized carbons (Fsp3) is 0.214. The first-order chi connectivity index (χ1) is 8.56. The highest BCUT2D eigenvalue weighted by Crippen LogP contribution is 2.25. The summed E-state index contributed by atoms with van der Waals surface area (Å²) < 4.78 is 6.70. The highest BCUT2D eigenvalue weighted by molar-refractivity contribution is 9.10. The van der Waals surface area contributed by atoms with Gasteiger partial charge in [0.25, 0.3) is 0 Å². The SMILES string of the molecule is Cc1cc(C)c(OCc2ccc(Br)cn2)cc1N. The maximum Gasteiger partial charge on any atom is 0.130 e. The topological polar surface area (TPSA) is 48.1 Å². The number of nitrogens with zero attached hydrogens (tertiary/aromatic N) is 1. The minimum Gasteiger partial charge on any atom is -0.487 e. The molecule has 1 aromatic heterocycles. The van der Waals surface area contributed by atoms with Crippen molar-refractivity contribution in [2.75, 3.05) is 5.73 Å². The second kappa shape index (κ2) is 5.40. The van der Waals surface area contributed by atoms with Crippen LogP contribution in [0.15, 0.2) is 34.9 Å². The fourth-order valence-electron chi connectivity index (χ4n) is 1.65. The van der Waals surface area contributed by atoms with E-state index in [0.29, 0.717) is 6.61 Å². The first-order valence-corrected chi connectivity index (χ1v) is 6.45. The number of halogens is 1. The van der Waals surface area contributed by atoms with E-state index in [9.17, 15) is 0 Å². The van der Waals surface area contributed by atoms with E-state index < -0.39 is 0 Å². The number of aryl methyl sites for hydroxylation is 2.